The summed E-state index contributed by atoms with van der Waals surface area (Å²) in [6, 6.07) is 9.76. The lowest BCUT2D eigenvalue weighted by atomic mass is 10.2. The van der Waals surface area contributed by atoms with E-state index in [1.54, 1.807) is 0 Å². The lowest BCUT2D eigenvalue weighted by molar-refractivity contribution is 1.20. The summed E-state index contributed by atoms with van der Waals surface area (Å²) in [7, 11) is 0. The van der Waals surface area contributed by atoms with E-state index in [1.165, 1.54) is 23.5 Å². The normalized spacial score (nSPS) is 18.2. The second-order valence-electron chi connectivity index (χ2n) is 3.87. The Morgan fingerprint density at radius 2 is 2.05 bits per heavy atom. The number of hydrogen-bond donors (Lipinski definition) is 1. The van der Waals surface area contributed by atoms with Gasteiger partial charge in [-0.15, -0.1) is 23.5 Å². The van der Waals surface area contributed by atoms with Crippen molar-refractivity contribution in [2.45, 2.75) is 5.75 Å². The monoisotopic (exact) mass is 322 g/mol. The molecule has 1 N–H and O–H groups in total. The van der Waals surface area contributed by atoms with E-state index in [0.29, 0.717) is 20.9 Å². The smallest absolute Gasteiger partial charge is 0.243 e. The summed E-state index contributed by atoms with van der Waals surface area (Å²) in [5, 5.41) is 18.8. The van der Waals surface area contributed by atoms with E-state index in [1.807, 2.05) is 30.5 Å². The van der Waals surface area contributed by atoms with Crippen molar-refractivity contribution in [3.05, 3.63) is 34.9 Å². The van der Waals surface area contributed by atoms with E-state index in [-0.39, 0.29) is 5.96 Å². The Morgan fingerprint density at radius 3 is 2.70 bits per heavy atom. The van der Waals surface area contributed by atoms with Crippen LogP contribution in [-0.2, 0) is 5.75 Å². The standard InChI is InChI=1S/C13H11ClN4S2/c1-19-11-9(6-15)12(18-13(16)17-11)20-7-8-4-2-3-5-10(8)14/h2-5,9,16H,7H2,1H3. The molecule has 20 heavy (non-hydrogen) atoms. The number of hydrogen-bond acceptors (Lipinski definition) is 4. The molecule has 0 saturated carbocycles. The molecular formula is C13H11ClN4S2. The summed E-state index contributed by atoms with van der Waals surface area (Å²) in [6.45, 7) is 0. The van der Waals surface area contributed by atoms with Crippen LogP contribution in [0.15, 0.2) is 34.3 Å². The predicted molar refractivity (Wildman–Crippen MR) is 88.0 cm³/mol. The molecule has 102 valence electrons. The molecule has 0 radical (unpaired) electrons. The number of rotatable bonds is 2. The fraction of sp³-hybridized carbons (Fsp3) is 0.231. The van der Waals surface area contributed by atoms with Crippen LogP contribution >= 0.6 is 35.1 Å². The minimum atomic E-state index is -0.480. The molecule has 0 spiro atoms. The van der Waals surface area contributed by atoms with Crippen molar-refractivity contribution in [2.24, 2.45) is 15.9 Å². The Hall–Kier alpha value is -1.29. The van der Waals surface area contributed by atoms with Gasteiger partial charge in [-0.05, 0) is 17.9 Å². The van der Waals surface area contributed by atoms with Crippen LogP contribution in [0, 0.1) is 22.7 Å². The Kier molecular flexibility index (Phi) is 5.24. The van der Waals surface area contributed by atoms with E-state index in [9.17, 15) is 5.26 Å². The van der Waals surface area contributed by atoms with Gasteiger partial charge >= 0.3 is 0 Å². The molecule has 0 aliphatic carbocycles. The first-order valence-corrected chi connectivity index (χ1v) is 8.30. The van der Waals surface area contributed by atoms with Crippen LogP contribution in [0.1, 0.15) is 5.56 Å². The van der Waals surface area contributed by atoms with E-state index in [4.69, 9.17) is 17.0 Å². The second-order valence-corrected chi connectivity index (χ2v) is 6.10. The van der Waals surface area contributed by atoms with E-state index < -0.39 is 5.92 Å². The van der Waals surface area contributed by atoms with Crippen LogP contribution in [0.25, 0.3) is 0 Å². The molecule has 0 saturated heterocycles. The van der Waals surface area contributed by atoms with Gasteiger partial charge in [-0.1, -0.05) is 29.8 Å². The molecule has 0 bridgehead atoms. The van der Waals surface area contributed by atoms with Gasteiger partial charge < -0.3 is 0 Å². The zero-order valence-electron chi connectivity index (χ0n) is 10.6. The Balaban J connectivity index is 2.15. The molecule has 0 fully saturated rings. The molecule has 4 nitrogen and oxygen atoms in total. The number of benzene rings is 1. The summed E-state index contributed by atoms with van der Waals surface area (Å²) in [5.41, 5.74) is 0.985. The zero-order chi connectivity index (χ0) is 14.5. The van der Waals surface area contributed by atoms with Gasteiger partial charge in [-0.2, -0.15) is 5.26 Å². The molecule has 1 unspecified atom stereocenters. The quantitative estimate of drug-likeness (QED) is 0.899. The van der Waals surface area contributed by atoms with Crippen LogP contribution in [-0.4, -0.2) is 22.3 Å². The minimum Gasteiger partial charge on any atom is -0.265 e. The van der Waals surface area contributed by atoms with Crippen LogP contribution < -0.4 is 0 Å². The van der Waals surface area contributed by atoms with Crippen molar-refractivity contribution in [3.63, 3.8) is 0 Å². The van der Waals surface area contributed by atoms with Gasteiger partial charge in [0, 0.05) is 10.8 Å². The van der Waals surface area contributed by atoms with Crippen molar-refractivity contribution in [1.82, 2.24) is 0 Å². The van der Waals surface area contributed by atoms with Gasteiger partial charge in [0.15, 0.2) is 0 Å². The maximum Gasteiger partial charge on any atom is 0.243 e. The van der Waals surface area contributed by atoms with Gasteiger partial charge in [0.2, 0.25) is 5.96 Å². The van der Waals surface area contributed by atoms with E-state index in [2.05, 4.69) is 16.1 Å². The summed E-state index contributed by atoms with van der Waals surface area (Å²) < 4.78 is 0. The first-order valence-electron chi connectivity index (χ1n) is 5.71. The van der Waals surface area contributed by atoms with Gasteiger partial charge in [0.25, 0.3) is 0 Å². The first kappa shape index (κ1) is 15.1. The molecule has 2 rings (SSSR count). The maximum absolute atomic E-state index is 9.27. The van der Waals surface area contributed by atoms with E-state index >= 15 is 0 Å². The number of guanidine groups is 1. The predicted octanol–water partition coefficient (Wildman–Crippen LogP) is 3.82. The number of nitrogens with one attached hydrogen (secondary N) is 1. The molecule has 1 aliphatic rings. The highest BCUT2D eigenvalue weighted by atomic mass is 35.5. The lowest BCUT2D eigenvalue weighted by Gasteiger charge is -2.17. The van der Waals surface area contributed by atoms with Crippen LogP contribution in [0.2, 0.25) is 5.02 Å². The zero-order valence-corrected chi connectivity index (χ0v) is 13.0. The summed E-state index contributed by atoms with van der Waals surface area (Å²) in [5.74, 6) is 0.0834. The third-order valence-electron chi connectivity index (χ3n) is 2.60. The van der Waals surface area contributed by atoms with Crippen molar-refractivity contribution >= 4 is 51.2 Å². The highest BCUT2D eigenvalue weighted by molar-refractivity contribution is 8.15. The Bertz CT molecular complexity index is 634. The number of aliphatic imine (C=N–C) groups is 2. The molecule has 0 aromatic heterocycles. The van der Waals surface area contributed by atoms with Gasteiger partial charge in [0.1, 0.15) is 16.0 Å². The van der Waals surface area contributed by atoms with Crippen LogP contribution in [0.4, 0.5) is 0 Å². The number of thioether (sulfide) groups is 2. The molecule has 7 heteroatoms. The van der Waals surface area contributed by atoms with Crippen molar-refractivity contribution < 1.29 is 0 Å². The fourth-order valence-corrected chi connectivity index (χ4v) is 3.60. The third kappa shape index (κ3) is 3.42. The highest BCUT2D eigenvalue weighted by Gasteiger charge is 2.26. The molecular weight excluding hydrogens is 312 g/mol. The lowest BCUT2D eigenvalue weighted by Crippen LogP contribution is -2.24. The molecule has 1 heterocycles. The Labute approximate surface area is 130 Å². The summed E-state index contributed by atoms with van der Waals surface area (Å²) in [6.07, 6.45) is 1.85. The van der Waals surface area contributed by atoms with Crippen molar-refractivity contribution in [3.8, 4) is 6.07 Å². The maximum atomic E-state index is 9.27. The van der Waals surface area contributed by atoms with Crippen LogP contribution in [0.5, 0.6) is 0 Å². The summed E-state index contributed by atoms with van der Waals surface area (Å²) in [4.78, 5) is 8.06. The SMILES string of the molecule is CSC1=NC(=N)N=C(SCc2ccccc2Cl)C1C#N. The highest BCUT2D eigenvalue weighted by Crippen LogP contribution is 2.28. The third-order valence-corrected chi connectivity index (χ3v) is 4.79. The minimum absolute atomic E-state index is 0.0532. The van der Waals surface area contributed by atoms with Crippen LogP contribution in [0.3, 0.4) is 0 Å². The first-order chi connectivity index (χ1) is 9.65. The molecule has 1 atom stereocenters. The molecule has 0 amide bonds. The van der Waals surface area contributed by atoms with E-state index in [0.717, 1.165) is 5.56 Å². The molecule has 1 aromatic carbocycles. The van der Waals surface area contributed by atoms with Crippen molar-refractivity contribution in [1.29, 1.82) is 10.7 Å². The second kappa shape index (κ2) is 6.93. The van der Waals surface area contributed by atoms with Gasteiger partial charge in [-0.25, -0.2) is 9.98 Å². The summed E-state index contributed by atoms with van der Waals surface area (Å²) >= 11 is 8.91. The largest absolute Gasteiger partial charge is 0.265 e. The average molecular weight is 323 g/mol. The number of nitriles is 1. The van der Waals surface area contributed by atoms with Crippen molar-refractivity contribution in [2.75, 3.05) is 6.26 Å². The molecule has 1 aliphatic heterocycles. The number of nitrogens with zero attached hydrogens (tertiary/aromatic N) is 3. The molecule has 1 aromatic rings. The average Bonchev–Trinajstić information content (AvgIpc) is 2.45. The fourth-order valence-electron chi connectivity index (χ4n) is 1.63. The van der Waals surface area contributed by atoms with Gasteiger partial charge in [-0.3, -0.25) is 5.41 Å². The Morgan fingerprint density at radius 1 is 1.35 bits per heavy atom. The topological polar surface area (TPSA) is 72.4 Å². The number of halogens is 1. The van der Waals surface area contributed by atoms with Gasteiger partial charge in [0.05, 0.1) is 6.07 Å².